The van der Waals surface area contributed by atoms with Crippen LogP contribution in [0.5, 0.6) is 11.5 Å². The minimum Gasteiger partial charge on any atom is -0.485 e. The van der Waals surface area contributed by atoms with Gasteiger partial charge in [0.2, 0.25) is 6.10 Å². The zero-order valence-electron chi connectivity index (χ0n) is 11.1. The van der Waals surface area contributed by atoms with Gasteiger partial charge in [0.1, 0.15) is 6.61 Å². The van der Waals surface area contributed by atoms with Gasteiger partial charge in [-0.25, -0.2) is 5.43 Å². The van der Waals surface area contributed by atoms with Crippen LogP contribution in [0.15, 0.2) is 53.9 Å². The van der Waals surface area contributed by atoms with Crippen molar-refractivity contribution >= 4 is 12.1 Å². The molecule has 6 nitrogen and oxygen atoms in total. The van der Waals surface area contributed by atoms with Crippen LogP contribution in [-0.2, 0) is 4.79 Å². The van der Waals surface area contributed by atoms with Gasteiger partial charge in [0.15, 0.2) is 11.5 Å². The molecule has 106 valence electrons. The fourth-order valence-electron chi connectivity index (χ4n) is 1.84. The molecule has 0 fully saturated rings. The summed E-state index contributed by atoms with van der Waals surface area (Å²) in [6.07, 6.45) is 4.13. The molecule has 1 aliphatic heterocycles. The third-order valence-corrected chi connectivity index (χ3v) is 2.90. The maximum Gasteiger partial charge on any atom is 0.284 e. The molecule has 0 radical (unpaired) electrons. The zero-order valence-corrected chi connectivity index (χ0v) is 11.1. The van der Waals surface area contributed by atoms with Gasteiger partial charge in [-0.3, -0.25) is 9.78 Å². The van der Waals surface area contributed by atoms with Crippen molar-refractivity contribution in [3.63, 3.8) is 0 Å². The van der Waals surface area contributed by atoms with E-state index in [1.54, 1.807) is 36.7 Å². The maximum atomic E-state index is 12.0. The molecular weight excluding hydrogens is 270 g/mol. The average Bonchev–Trinajstić information content (AvgIpc) is 2.55. The van der Waals surface area contributed by atoms with E-state index in [0.29, 0.717) is 11.5 Å². The molecule has 1 amide bonds. The third kappa shape index (κ3) is 3.17. The van der Waals surface area contributed by atoms with Crippen LogP contribution in [0.3, 0.4) is 0 Å². The summed E-state index contributed by atoms with van der Waals surface area (Å²) in [7, 11) is 0. The van der Waals surface area contributed by atoms with E-state index in [1.165, 1.54) is 6.21 Å². The number of hydrazone groups is 1. The second kappa shape index (κ2) is 6.04. The minimum absolute atomic E-state index is 0.160. The Morgan fingerprint density at radius 3 is 2.81 bits per heavy atom. The Hall–Kier alpha value is -2.89. The van der Waals surface area contributed by atoms with Crippen LogP contribution in [0.1, 0.15) is 5.56 Å². The van der Waals surface area contributed by atoms with Crippen LogP contribution in [0.4, 0.5) is 0 Å². The average molecular weight is 283 g/mol. The summed E-state index contributed by atoms with van der Waals surface area (Å²) in [5.74, 6) is 0.846. The van der Waals surface area contributed by atoms with Crippen molar-refractivity contribution < 1.29 is 14.3 Å². The summed E-state index contributed by atoms with van der Waals surface area (Å²) in [5.41, 5.74) is 3.28. The summed E-state index contributed by atoms with van der Waals surface area (Å²) >= 11 is 0. The second-order valence-electron chi connectivity index (χ2n) is 4.38. The molecule has 6 heteroatoms. The van der Waals surface area contributed by atoms with E-state index in [2.05, 4.69) is 15.5 Å². The van der Waals surface area contributed by atoms with Crippen LogP contribution in [0, 0.1) is 0 Å². The molecule has 2 heterocycles. The van der Waals surface area contributed by atoms with E-state index in [1.807, 2.05) is 12.1 Å². The van der Waals surface area contributed by atoms with Crippen molar-refractivity contribution in [2.45, 2.75) is 6.10 Å². The van der Waals surface area contributed by atoms with Crippen molar-refractivity contribution in [2.75, 3.05) is 6.61 Å². The highest BCUT2D eigenvalue weighted by atomic mass is 16.6. The minimum atomic E-state index is -0.713. The van der Waals surface area contributed by atoms with Crippen molar-refractivity contribution in [1.29, 1.82) is 0 Å². The number of nitrogens with zero attached hydrogens (tertiary/aromatic N) is 2. The van der Waals surface area contributed by atoms with Crippen molar-refractivity contribution in [3.05, 3.63) is 54.4 Å². The van der Waals surface area contributed by atoms with Gasteiger partial charge < -0.3 is 9.47 Å². The SMILES string of the molecule is O=C(N/N=C\c1ccncc1)[C@H]1COc2ccccc2O1. The van der Waals surface area contributed by atoms with Crippen LogP contribution >= 0.6 is 0 Å². The number of para-hydroxylation sites is 2. The quantitative estimate of drug-likeness (QED) is 0.682. The largest absolute Gasteiger partial charge is 0.485 e. The second-order valence-corrected chi connectivity index (χ2v) is 4.38. The maximum absolute atomic E-state index is 12.0. The first-order chi connectivity index (χ1) is 10.3. The molecule has 21 heavy (non-hydrogen) atoms. The predicted molar refractivity (Wildman–Crippen MR) is 76.3 cm³/mol. The summed E-state index contributed by atoms with van der Waals surface area (Å²) in [6.45, 7) is 0.160. The highest BCUT2D eigenvalue weighted by Crippen LogP contribution is 2.30. The lowest BCUT2D eigenvalue weighted by molar-refractivity contribution is -0.130. The van der Waals surface area contributed by atoms with E-state index in [4.69, 9.17) is 9.47 Å². The first-order valence-electron chi connectivity index (χ1n) is 6.44. The Kier molecular flexibility index (Phi) is 3.77. The van der Waals surface area contributed by atoms with E-state index in [-0.39, 0.29) is 12.5 Å². The first kappa shape index (κ1) is 13.1. The van der Waals surface area contributed by atoms with Gasteiger partial charge in [0.25, 0.3) is 5.91 Å². The Morgan fingerprint density at radius 2 is 2.00 bits per heavy atom. The normalized spacial score (nSPS) is 16.7. The fraction of sp³-hybridized carbons (Fsp3) is 0.133. The number of ether oxygens (including phenoxy) is 2. The topological polar surface area (TPSA) is 72.8 Å². The third-order valence-electron chi connectivity index (χ3n) is 2.90. The summed E-state index contributed by atoms with van der Waals surface area (Å²) < 4.78 is 11.1. The summed E-state index contributed by atoms with van der Waals surface area (Å²) in [4.78, 5) is 15.9. The molecule has 0 saturated heterocycles. The van der Waals surface area contributed by atoms with Crippen molar-refractivity contribution in [3.8, 4) is 11.5 Å². The number of aromatic nitrogens is 1. The van der Waals surface area contributed by atoms with Crippen LogP contribution in [0.25, 0.3) is 0 Å². The highest BCUT2D eigenvalue weighted by molar-refractivity contribution is 5.84. The fourth-order valence-corrected chi connectivity index (χ4v) is 1.84. The van der Waals surface area contributed by atoms with E-state index < -0.39 is 6.10 Å². The van der Waals surface area contributed by atoms with Gasteiger partial charge in [-0.2, -0.15) is 5.10 Å². The zero-order chi connectivity index (χ0) is 14.5. The molecule has 1 N–H and O–H groups in total. The molecule has 1 aromatic carbocycles. The molecular formula is C15H13N3O3. The number of amides is 1. The Balaban J connectivity index is 1.59. The van der Waals surface area contributed by atoms with Crippen LogP contribution < -0.4 is 14.9 Å². The molecule has 1 atom stereocenters. The number of rotatable bonds is 3. The van der Waals surface area contributed by atoms with Crippen LogP contribution in [-0.4, -0.2) is 29.8 Å². The Morgan fingerprint density at radius 1 is 1.24 bits per heavy atom. The van der Waals surface area contributed by atoms with Gasteiger partial charge in [-0.05, 0) is 29.8 Å². The molecule has 0 aliphatic carbocycles. The number of carbonyl (C=O) groups is 1. The molecule has 2 aromatic rings. The number of hydrogen-bond acceptors (Lipinski definition) is 5. The number of pyridine rings is 1. The molecule has 0 unspecified atom stereocenters. The predicted octanol–water partition coefficient (Wildman–Crippen LogP) is 1.37. The van der Waals surface area contributed by atoms with Gasteiger partial charge in [0.05, 0.1) is 6.21 Å². The molecule has 0 bridgehead atoms. The van der Waals surface area contributed by atoms with E-state index >= 15 is 0 Å². The smallest absolute Gasteiger partial charge is 0.284 e. The number of carbonyl (C=O) groups excluding carboxylic acids is 1. The highest BCUT2D eigenvalue weighted by Gasteiger charge is 2.26. The standard InChI is InChI=1S/C15H13N3O3/c19-15(18-17-9-11-5-7-16-8-6-11)14-10-20-12-3-1-2-4-13(12)21-14/h1-9,14H,10H2,(H,18,19)/b17-9-/t14-/m1/s1. The van der Waals surface area contributed by atoms with Gasteiger partial charge in [-0.15, -0.1) is 0 Å². The molecule has 3 rings (SSSR count). The molecule has 1 aromatic heterocycles. The van der Waals surface area contributed by atoms with Gasteiger partial charge >= 0.3 is 0 Å². The lowest BCUT2D eigenvalue weighted by atomic mass is 10.2. The molecule has 1 aliphatic rings. The lowest BCUT2D eigenvalue weighted by Crippen LogP contribution is -2.42. The summed E-state index contributed by atoms with van der Waals surface area (Å²) in [5, 5.41) is 3.88. The summed E-state index contributed by atoms with van der Waals surface area (Å²) in [6, 6.07) is 10.8. The van der Waals surface area contributed by atoms with E-state index in [0.717, 1.165) is 5.56 Å². The Bertz CT molecular complexity index is 658. The van der Waals surface area contributed by atoms with Gasteiger partial charge in [-0.1, -0.05) is 12.1 Å². The Labute approximate surface area is 121 Å². The van der Waals surface area contributed by atoms with Crippen LogP contribution in [0.2, 0.25) is 0 Å². The lowest BCUT2D eigenvalue weighted by Gasteiger charge is -2.24. The van der Waals surface area contributed by atoms with E-state index in [9.17, 15) is 4.79 Å². The monoisotopic (exact) mass is 283 g/mol. The number of benzene rings is 1. The van der Waals surface area contributed by atoms with Crippen molar-refractivity contribution in [2.24, 2.45) is 5.10 Å². The number of fused-ring (bicyclic) bond motifs is 1. The number of hydrogen-bond donors (Lipinski definition) is 1. The molecule has 0 saturated carbocycles. The van der Waals surface area contributed by atoms with Crippen molar-refractivity contribution in [1.82, 2.24) is 10.4 Å². The molecule has 0 spiro atoms. The number of nitrogens with one attached hydrogen (secondary N) is 1. The first-order valence-corrected chi connectivity index (χ1v) is 6.44. The van der Waals surface area contributed by atoms with Gasteiger partial charge in [0, 0.05) is 12.4 Å².